The smallest absolute Gasteiger partial charge is 0.285 e. The summed E-state index contributed by atoms with van der Waals surface area (Å²) in [6.45, 7) is 5.61. The average molecular weight is 231 g/mol. The van der Waals surface area contributed by atoms with Crippen LogP contribution in [0.2, 0.25) is 0 Å². The molecular weight excluding hydrogens is 214 g/mol. The van der Waals surface area contributed by atoms with Gasteiger partial charge in [-0.1, -0.05) is 13.8 Å². The first-order chi connectivity index (χ1) is 6.72. The van der Waals surface area contributed by atoms with Gasteiger partial charge in [0.25, 0.3) is 0 Å². The Labute approximate surface area is 87.2 Å². The Morgan fingerprint density at radius 1 is 1.00 bits per heavy atom. The number of ether oxygens (including phenoxy) is 1. The number of hydrogen-bond donors (Lipinski definition) is 0. The molecule has 1 fully saturated rings. The van der Waals surface area contributed by atoms with Crippen molar-refractivity contribution in [1.82, 2.24) is 4.90 Å². The first kappa shape index (κ1) is 14.6. The van der Waals surface area contributed by atoms with Crippen LogP contribution in [0.1, 0.15) is 27.7 Å². The molecule has 1 heterocycles. The molecule has 6 heteroatoms. The van der Waals surface area contributed by atoms with E-state index < -0.39 is 25.3 Å². The molecule has 2 nitrogen and oxygen atoms in total. The molecule has 0 bridgehead atoms. The normalized spacial score (nSPS) is 24.6. The van der Waals surface area contributed by atoms with Crippen LogP contribution in [0.25, 0.3) is 0 Å². The van der Waals surface area contributed by atoms with Gasteiger partial charge < -0.3 is 0 Å². The predicted molar refractivity (Wildman–Crippen MR) is 49.0 cm³/mol. The minimum absolute atomic E-state index is 0.347. The third kappa shape index (κ3) is 4.79. The molecule has 0 atom stereocenters. The fourth-order valence-corrected chi connectivity index (χ4v) is 1.18. The van der Waals surface area contributed by atoms with E-state index >= 15 is 0 Å². The maximum atomic E-state index is 12.6. The summed E-state index contributed by atoms with van der Waals surface area (Å²) in [4.78, 5) is 0.990. The van der Waals surface area contributed by atoms with Crippen molar-refractivity contribution >= 4 is 0 Å². The minimum atomic E-state index is -3.76. The Morgan fingerprint density at radius 3 is 1.60 bits per heavy atom. The first-order valence-electron chi connectivity index (χ1n) is 4.92. The van der Waals surface area contributed by atoms with Gasteiger partial charge in [-0.25, -0.2) is 0 Å². The molecule has 92 valence electrons. The molecule has 0 aliphatic carbocycles. The van der Waals surface area contributed by atoms with Crippen molar-refractivity contribution in [1.29, 1.82) is 0 Å². The van der Waals surface area contributed by atoms with Crippen LogP contribution in [0.3, 0.4) is 0 Å². The highest BCUT2D eigenvalue weighted by Gasteiger charge is 2.51. The molecule has 0 amide bonds. The van der Waals surface area contributed by atoms with E-state index in [4.69, 9.17) is 0 Å². The van der Waals surface area contributed by atoms with Gasteiger partial charge in [-0.15, -0.1) is 0 Å². The van der Waals surface area contributed by atoms with Crippen molar-refractivity contribution in [3.05, 3.63) is 0 Å². The van der Waals surface area contributed by atoms with Crippen molar-refractivity contribution in [3.63, 3.8) is 0 Å². The van der Waals surface area contributed by atoms with Crippen LogP contribution in [-0.2, 0) is 4.74 Å². The van der Waals surface area contributed by atoms with E-state index in [0.29, 0.717) is 0 Å². The summed E-state index contributed by atoms with van der Waals surface area (Å²) in [6.07, 6.45) is -7.52. The molecule has 0 saturated carbocycles. The molecule has 1 aliphatic rings. The fourth-order valence-electron chi connectivity index (χ4n) is 1.18. The molecule has 1 saturated heterocycles. The lowest BCUT2D eigenvalue weighted by Crippen LogP contribution is -2.56. The molecule has 0 spiro atoms. The number of alkyl halides is 4. The highest BCUT2D eigenvalue weighted by atomic mass is 19.3. The highest BCUT2D eigenvalue weighted by Crippen LogP contribution is 2.33. The molecule has 0 aromatic rings. The molecule has 0 unspecified atom stereocenters. The summed E-state index contributed by atoms with van der Waals surface area (Å²) in [5, 5.41) is 0. The summed E-state index contributed by atoms with van der Waals surface area (Å²) < 4.78 is 53.6. The van der Waals surface area contributed by atoms with Crippen LogP contribution < -0.4 is 0 Å². The van der Waals surface area contributed by atoms with Gasteiger partial charge in [-0.05, 0) is 13.8 Å². The van der Waals surface area contributed by atoms with E-state index in [1.807, 2.05) is 13.8 Å². The number of nitrogens with zero attached hydrogens (tertiary/aromatic N) is 1. The zero-order valence-corrected chi connectivity index (χ0v) is 9.36. The zero-order chi connectivity index (χ0) is 12.3. The Hall–Kier alpha value is -0.360. The van der Waals surface area contributed by atoms with Crippen LogP contribution in [-0.4, -0.2) is 36.2 Å². The molecule has 1 aliphatic heterocycles. The van der Waals surface area contributed by atoms with Crippen molar-refractivity contribution in [2.45, 2.75) is 46.0 Å². The highest BCUT2D eigenvalue weighted by molar-refractivity contribution is 4.78. The quantitative estimate of drug-likeness (QED) is 0.643. The van der Waals surface area contributed by atoms with Crippen LogP contribution in [0, 0.1) is 0 Å². The number of hydrogen-bond acceptors (Lipinski definition) is 2. The van der Waals surface area contributed by atoms with Crippen LogP contribution >= 0.6 is 0 Å². The van der Waals surface area contributed by atoms with Gasteiger partial charge in [-0.2, -0.15) is 17.6 Å². The standard InChI is InChI=1S/C7H11F4NO.C2H6/c1-5(2)12-3-6(8,9)13-7(10,11)4-12;1-2/h5H,3-4H2,1-2H3;1-2H3. The van der Waals surface area contributed by atoms with Gasteiger partial charge in [0, 0.05) is 6.04 Å². The van der Waals surface area contributed by atoms with E-state index in [-0.39, 0.29) is 6.04 Å². The van der Waals surface area contributed by atoms with Crippen molar-refractivity contribution in [2.75, 3.05) is 13.1 Å². The Bertz CT molecular complexity index is 181. The Morgan fingerprint density at radius 2 is 1.33 bits per heavy atom. The second kappa shape index (κ2) is 5.12. The monoisotopic (exact) mass is 231 g/mol. The van der Waals surface area contributed by atoms with Gasteiger partial charge in [0.2, 0.25) is 0 Å². The van der Waals surface area contributed by atoms with Crippen molar-refractivity contribution in [2.24, 2.45) is 0 Å². The second-order valence-electron chi connectivity index (χ2n) is 3.38. The van der Waals surface area contributed by atoms with E-state index in [9.17, 15) is 17.6 Å². The SMILES string of the molecule is CC.CC(C)N1CC(F)(F)OC(F)(F)C1. The van der Waals surface area contributed by atoms with Gasteiger partial charge in [0.15, 0.2) is 0 Å². The predicted octanol–water partition coefficient (Wildman–Crippen LogP) is 2.94. The van der Waals surface area contributed by atoms with Crippen LogP contribution in [0.15, 0.2) is 0 Å². The van der Waals surface area contributed by atoms with Crippen molar-refractivity contribution in [3.8, 4) is 0 Å². The average Bonchev–Trinajstić information content (AvgIpc) is 2.02. The lowest BCUT2D eigenvalue weighted by Gasteiger charge is -2.38. The Balaban J connectivity index is 0.000000921. The van der Waals surface area contributed by atoms with Gasteiger partial charge in [0.05, 0.1) is 13.1 Å². The van der Waals surface area contributed by atoms with Crippen LogP contribution in [0.5, 0.6) is 0 Å². The molecule has 0 aromatic carbocycles. The van der Waals surface area contributed by atoms with Crippen LogP contribution in [0.4, 0.5) is 17.6 Å². The summed E-state index contributed by atoms with van der Waals surface area (Å²) in [5.41, 5.74) is 0. The summed E-state index contributed by atoms with van der Waals surface area (Å²) >= 11 is 0. The van der Waals surface area contributed by atoms with Gasteiger partial charge in [0.1, 0.15) is 0 Å². The van der Waals surface area contributed by atoms with Crippen molar-refractivity contribution < 1.29 is 22.3 Å². The molecule has 0 aromatic heterocycles. The summed E-state index contributed by atoms with van der Waals surface area (Å²) in [6, 6.07) is -0.347. The van der Waals surface area contributed by atoms with E-state index in [1.54, 1.807) is 13.8 Å². The first-order valence-corrected chi connectivity index (χ1v) is 4.92. The maximum Gasteiger partial charge on any atom is 0.372 e. The molecule has 0 N–H and O–H groups in total. The zero-order valence-electron chi connectivity index (χ0n) is 9.36. The maximum absolute atomic E-state index is 12.6. The van der Waals surface area contributed by atoms with E-state index in [2.05, 4.69) is 4.74 Å². The van der Waals surface area contributed by atoms with Gasteiger partial charge >= 0.3 is 12.2 Å². The number of halogens is 4. The van der Waals surface area contributed by atoms with E-state index in [1.165, 1.54) is 0 Å². The molecule has 0 radical (unpaired) electrons. The molecule has 1 rings (SSSR count). The number of rotatable bonds is 1. The third-order valence-corrected chi connectivity index (χ3v) is 1.80. The van der Waals surface area contributed by atoms with Gasteiger partial charge in [-0.3, -0.25) is 9.64 Å². The summed E-state index contributed by atoms with van der Waals surface area (Å²) in [7, 11) is 0. The largest absolute Gasteiger partial charge is 0.372 e. The molecular formula is C9H17F4NO. The third-order valence-electron chi connectivity index (χ3n) is 1.80. The molecule has 15 heavy (non-hydrogen) atoms. The number of morpholine rings is 1. The topological polar surface area (TPSA) is 12.5 Å². The second-order valence-corrected chi connectivity index (χ2v) is 3.38. The lowest BCUT2D eigenvalue weighted by molar-refractivity contribution is -0.407. The summed E-state index contributed by atoms with van der Waals surface area (Å²) in [5.74, 6) is 0. The minimum Gasteiger partial charge on any atom is -0.285 e. The lowest BCUT2D eigenvalue weighted by atomic mass is 10.2. The fraction of sp³-hybridized carbons (Fsp3) is 1.00. The van der Waals surface area contributed by atoms with E-state index in [0.717, 1.165) is 4.90 Å². The Kier molecular flexibility index (Phi) is 4.99.